The van der Waals surface area contributed by atoms with Gasteiger partial charge in [-0.3, -0.25) is 0 Å². The predicted octanol–water partition coefficient (Wildman–Crippen LogP) is 5.45. The van der Waals surface area contributed by atoms with E-state index in [0.29, 0.717) is 23.0 Å². The van der Waals surface area contributed by atoms with Crippen molar-refractivity contribution < 1.29 is 18.7 Å². The van der Waals surface area contributed by atoms with Crippen LogP contribution in [0.1, 0.15) is 29.3 Å². The zero-order chi connectivity index (χ0) is 20.1. The van der Waals surface area contributed by atoms with Crippen LogP contribution in [0, 0.1) is 0 Å². The fourth-order valence-corrected chi connectivity index (χ4v) is 2.69. The van der Waals surface area contributed by atoms with Crippen LogP contribution in [-0.4, -0.2) is 16.2 Å². The first kappa shape index (κ1) is 18.4. The van der Waals surface area contributed by atoms with E-state index in [2.05, 4.69) is 10.2 Å². The van der Waals surface area contributed by atoms with Gasteiger partial charge >= 0.3 is 5.97 Å². The first-order valence-corrected chi connectivity index (χ1v) is 9.12. The average molecular weight is 386 g/mol. The Morgan fingerprint density at radius 1 is 0.862 bits per heavy atom. The Morgan fingerprint density at radius 2 is 1.55 bits per heavy atom. The molecule has 1 aromatic heterocycles. The molecule has 1 atom stereocenters. The molecule has 0 unspecified atom stereocenters. The highest BCUT2D eigenvalue weighted by atomic mass is 16.6. The van der Waals surface area contributed by atoms with Crippen LogP contribution in [0.15, 0.2) is 89.3 Å². The molecule has 0 radical (unpaired) electrons. The number of hydrogen-bond acceptors (Lipinski definition) is 6. The molecule has 0 bridgehead atoms. The molecule has 1 heterocycles. The summed E-state index contributed by atoms with van der Waals surface area (Å²) in [7, 11) is 0. The molecule has 0 N–H and O–H groups in total. The van der Waals surface area contributed by atoms with E-state index >= 15 is 0 Å². The number of hydrogen-bond donors (Lipinski definition) is 0. The normalized spacial score (nSPS) is 11.6. The van der Waals surface area contributed by atoms with Gasteiger partial charge in [0.2, 0.25) is 5.89 Å². The second-order valence-electron chi connectivity index (χ2n) is 6.30. The Hall–Kier alpha value is -3.93. The molecule has 6 heteroatoms. The van der Waals surface area contributed by atoms with Gasteiger partial charge in [-0.1, -0.05) is 42.5 Å². The number of para-hydroxylation sites is 1. The van der Waals surface area contributed by atoms with Gasteiger partial charge in [-0.05, 0) is 49.4 Å². The zero-order valence-electron chi connectivity index (χ0n) is 15.7. The number of rotatable bonds is 6. The number of esters is 1. The van der Waals surface area contributed by atoms with Gasteiger partial charge in [0, 0.05) is 5.56 Å². The Bertz CT molecular complexity index is 1090. The Kier molecular flexibility index (Phi) is 5.33. The number of carbonyl (C=O) groups is 1. The van der Waals surface area contributed by atoms with Crippen molar-refractivity contribution >= 4 is 5.97 Å². The Labute approximate surface area is 167 Å². The largest absolute Gasteiger partial charge is 0.457 e. The van der Waals surface area contributed by atoms with Crippen LogP contribution < -0.4 is 4.74 Å². The fourth-order valence-electron chi connectivity index (χ4n) is 2.69. The van der Waals surface area contributed by atoms with Crippen LogP contribution >= 0.6 is 0 Å². The van der Waals surface area contributed by atoms with Gasteiger partial charge in [-0.2, -0.15) is 0 Å². The van der Waals surface area contributed by atoms with Crippen LogP contribution in [0.4, 0.5) is 0 Å². The van der Waals surface area contributed by atoms with Crippen molar-refractivity contribution in [3.05, 3.63) is 96.4 Å². The molecule has 4 aromatic rings. The highest BCUT2D eigenvalue weighted by Gasteiger charge is 2.20. The zero-order valence-corrected chi connectivity index (χ0v) is 15.7. The summed E-state index contributed by atoms with van der Waals surface area (Å²) >= 11 is 0. The van der Waals surface area contributed by atoms with E-state index in [4.69, 9.17) is 13.9 Å². The van der Waals surface area contributed by atoms with Crippen molar-refractivity contribution in [1.29, 1.82) is 0 Å². The van der Waals surface area contributed by atoms with E-state index in [1.807, 2.05) is 60.7 Å². The van der Waals surface area contributed by atoms with Crippen LogP contribution in [-0.2, 0) is 4.74 Å². The molecular formula is C23H18N2O4. The highest BCUT2D eigenvalue weighted by Crippen LogP contribution is 2.25. The first-order chi connectivity index (χ1) is 14.2. The second-order valence-corrected chi connectivity index (χ2v) is 6.30. The maximum Gasteiger partial charge on any atom is 0.339 e. The number of nitrogens with zero attached hydrogens (tertiary/aromatic N) is 2. The molecule has 0 aliphatic heterocycles. The van der Waals surface area contributed by atoms with E-state index in [1.165, 1.54) is 0 Å². The van der Waals surface area contributed by atoms with Gasteiger partial charge in [0.05, 0.1) is 5.56 Å². The molecule has 144 valence electrons. The van der Waals surface area contributed by atoms with E-state index in [9.17, 15) is 4.79 Å². The number of ether oxygens (including phenoxy) is 2. The standard InChI is InChI=1S/C23H18N2O4/c1-16(21-24-25-22(29-21)17-9-4-2-5-10-17)27-23(26)18-11-8-14-20(15-18)28-19-12-6-3-7-13-19/h2-16H,1H3/t16-/m0/s1. The molecule has 4 rings (SSSR count). The molecule has 0 aliphatic carbocycles. The second kappa shape index (κ2) is 8.39. The van der Waals surface area contributed by atoms with Gasteiger partial charge in [0.1, 0.15) is 11.5 Å². The van der Waals surface area contributed by atoms with Crippen LogP contribution in [0.2, 0.25) is 0 Å². The number of carbonyl (C=O) groups excluding carboxylic acids is 1. The van der Waals surface area contributed by atoms with Crippen molar-refractivity contribution in [2.45, 2.75) is 13.0 Å². The molecule has 0 fully saturated rings. The third-order valence-electron chi connectivity index (χ3n) is 4.14. The third-order valence-corrected chi connectivity index (χ3v) is 4.14. The molecule has 0 aliphatic rings. The topological polar surface area (TPSA) is 74.5 Å². The maximum atomic E-state index is 12.5. The smallest absolute Gasteiger partial charge is 0.339 e. The lowest BCUT2D eigenvalue weighted by atomic mass is 10.2. The van der Waals surface area contributed by atoms with Gasteiger partial charge in [-0.15, -0.1) is 10.2 Å². The van der Waals surface area contributed by atoms with E-state index in [1.54, 1.807) is 31.2 Å². The summed E-state index contributed by atoms with van der Waals surface area (Å²) in [6.07, 6.45) is -0.689. The van der Waals surface area contributed by atoms with Crippen molar-refractivity contribution in [3.63, 3.8) is 0 Å². The van der Waals surface area contributed by atoms with Crippen molar-refractivity contribution in [2.24, 2.45) is 0 Å². The SMILES string of the molecule is C[C@H](OC(=O)c1cccc(Oc2ccccc2)c1)c1nnc(-c2ccccc2)o1. The predicted molar refractivity (Wildman–Crippen MR) is 107 cm³/mol. The summed E-state index contributed by atoms with van der Waals surface area (Å²) in [5, 5.41) is 8.01. The maximum absolute atomic E-state index is 12.5. The third kappa shape index (κ3) is 4.50. The quantitative estimate of drug-likeness (QED) is 0.410. The van der Waals surface area contributed by atoms with Crippen LogP contribution in [0.5, 0.6) is 11.5 Å². The van der Waals surface area contributed by atoms with Crippen molar-refractivity contribution in [2.75, 3.05) is 0 Å². The van der Waals surface area contributed by atoms with Crippen molar-refractivity contribution in [3.8, 4) is 23.0 Å². The molecule has 0 spiro atoms. The highest BCUT2D eigenvalue weighted by molar-refractivity contribution is 5.90. The van der Waals surface area contributed by atoms with E-state index in [-0.39, 0.29) is 5.89 Å². The first-order valence-electron chi connectivity index (χ1n) is 9.12. The molecule has 0 saturated carbocycles. The number of benzene rings is 3. The van der Waals surface area contributed by atoms with Crippen LogP contribution in [0.3, 0.4) is 0 Å². The minimum absolute atomic E-state index is 0.230. The molecule has 0 amide bonds. The fraction of sp³-hybridized carbons (Fsp3) is 0.0870. The summed E-state index contributed by atoms with van der Waals surface area (Å²) in [5.41, 5.74) is 1.17. The van der Waals surface area contributed by atoms with Gasteiger partial charge in [-0.25, -0.2) is 4.79 Å². The lowest BCUT2D eigenvalue weighted by molar-refractivity contribution is 0.0279. The summed E-state index contributed by atoms with van der Waals surface area (Å²) in [5.74, 6) is 1.33. The lowest BCUT2D eigenvalue weighted by Gasteiger charge is -2.11. The Balaban J connectivity index is 1.44. The van der Waals surface area contributed by atoms with Crippen LogP contribution in [0.25, 0.3) is 11.5 Å². The van der Waals surface area contributed by atoms with E-state index < -0.39 is 12.1 Å². The van der Waals surface area contributed by atoms with Crippen molar-refractivity contribution in [1.82, 2.24) is 10.2 Å². The molecule has 3 aromatic carbocycles. The molecular weight excluding hydrogens is 368 g/mol. The monoisotopic (exact) mass is 386 g/mol. The summed E-state index contributed by atoms with van der Waals surface area (Å²) < 4.78 is 16.9. The number of aromatic nitrogens is 2. The van der Waals surface area contributed by atoms with Gasteiger partial charge in [0.15, 0.2) is 6.10 Å². The summed E-state index contributed by atoms with van der Waals surface area (Å²) in [4.78, 5) is 12.5. The summed E-state index contributed by atoms with van der Waals surface area (Å²) in [6, 6.07) is 25.5. The molecule has 29 heavy (non-hydrogen) atoms. The Morgan fingerprint density at radius 3 is 2.31 bits per heavy atom. The average Bonchev–Trinajstić information content (AvgIpc) is 3.26. The molecule has 6 nitrogen and oxygen atoms in total. The lowest BCUT2D eigenvalue weighted by Crippen LogP contribution is -2.09. The minimum Gasteiger partial charge on any atom is -0.457 e. The minimum atomic E-state index is -0.689. The van der Waals surface area contributed by atoms with Gasteiger partial charge in [0.25, 0.3) is 5.89 Å². The van der Waals surface area contributed by atoms with Gasteiger partial charge < -0.3 is 13.9 Å². The molecule has 0 saturated heterocycles. The summed E-state index contributed by atoms with van der Waals surface area (Å²) in [6.45, 7) is 1.69. The van der Waals surface area contributed by atoms with E-state index in [0.717, 1.165) is 5.56 Å².